The molecule has 102 valence electrons. The minimum atomic E-state index is -4.25. The van der Waals surface area contributed by atoms with Crippen molar-refractivity contribution < 1.29 is 13.2 Å². The van der Waals surface area contributed by atoms with Crippen LogP contribution in [-0.2, 0) is 0 Å². The van der Waals surface area contributed by atoms with E-state index in [1.54, 1.807) is 6.08 Å². The molecule has 0 saturated heterocycles. The Hall–Kier alpha value is -1.55. The third kappa shape index (κ3) is 3.47. The van der Waals surface area contributed by atoms with Crippen LogP contribution in [-0.4, -0.2) is 31.7 Å². The van der Waals surface area contributed by atoms with Crippen molar-refractivity contribution in [1.29, 1.82) is 0 Å². The fraction of sp³-hybridized carbons (Fsp3) is 0.333. The van der Waals surface area contributed by atoms with E-state index < -0.39 is 11.7 Å². The predicted molar refractivity (Wildman–Crippen MR) is 70.7 cm³/mol. The molecule has 19 heavy (non-hydrogen) atoms. The molecule has 2 aliphatic rings. The third-order valence-electron chi connectivity index (χ3n) is 3.02. The molecule has 0 heterocycles. The Bertz CT molecular complexity index is 514. The lowest BCUT2D eigenvalue weighted by molar-refractivity contribution is -0.0885. The highest BCUT2D eigenvalue weighted by Crippen LogP contribution is 2.32. The van der Waals surface area contributed by atoms with E-state index in [9.17, 15) is 13.2 Å². The fourth-order valence-corrected chi connectivity index (χ4v) is 2.13. The van der Waals surface area contributed by atoms with Crippen LogP contribution in [0.1, 0.15) is 6.42 Å². The van der Waals surface area contributed by atoms with Gasteiger partial charge in [0.15, 0.2) is 0 Å². The van der Waals surface area contributed by atoms with Gasteiger partial charge in [0.25, 0.3) is 0 Å². The van der Waals surface area contributed by atoms with Gasteiger partial charge >= 0.3 is 6.18 Å². The van der Waals surface area contributed by atoms with Crippen LogP contribution in [0.2, 0.25) is 0 Å². The molecule has 0 aromatic rings. The van der Waals surface area contributed by atoms with Crippen LogP contribution in [0.15, 0.2) is 58.7 Å². The molecular formula is C15H16F3N. The van der Waals surface area contributed by atoms with Gasteiger partial charge in [0.2, 0.25) is 0 Å². The van der Waals surface area contributed by atoms with Gasteiger partial charge in [-0.2, -0.15) is 13.2 Å². The molecule has 0 radical (unpaired) electrons. The molecule has 0 amide bonds. The molecule has 0 aromatic carbocycles. The molecule has 0 atom stereocenters. The highest BCUT2D eigenvalue weighted by Gasteiger charge is 2.32. The van der Waals surface area contributed by atoms with Crippen LogP contribution >= 0.6 is 0 Å². The summed E-state index contributed by atoms with van der Waals surface area (Å²) in [6.07, 6.45) is 6.06. The van der Waals surface area contributed by atoms with Gasteiger partial charge in [-0.3, -0.25) is 0 Å². The van der Waals surface area contributed by atoms with Crippen molar-refractivity contribution in [3.63, 3.8) is 0 Å². The van der Waals surface area contributed by atoms with Gasteiger partial charge in [-0.05, 0) is 37.2 Å². The van der Waals surface area contributed by atoms with Gasteiger partial charge in [0, 0.05) is 6.54 Å². The first kappa shape index (κ1) is 13.9. The maximum atomic E-state index is 12.5. The SMILES string of the molecule is CN(C)CC1=C/C(=C2/C=CC(C(F)(F)F)=CC2)C=C1. The average Bonchev–Trinajstić information content (AvgIpc) is 2.75. The van der Waals surface area contributed by atoms with Crippen molar-refractivity contribution in [3.05, 3.63) is 58.7 Å². The Morgan fingerprint density at radius 1 is 1.11 bits per heavy atom. The zero-order chi connectivity index (χ0) is 14.0. The molecule has 0 saturated carbocycles. The molecule has 1 nitrogen and oxygen atoms in total. The zero-order valence-electron chi connectivity index (χ0n) is 11.0. The number of nitrogens with zero attached hydrogens (tertiary/aromatic N) is 1. The molecule has 2 aliphatic carbocycles. The zero-order valence-corrected chi connectivity index (χ0v) is 11.0. The first-order valence-electron chi connectivity index (χ1n) is 6.08. The summed E-state index contributed by atoms with van der Waals surface area (Å²) in [6, 6.07) is 0. The van der Waals surface area contributed by atoms with E-state index in [0.717, 1.165) is 23.8 Å². The van der Waals surface area contributed by atoms with Gasteiger partial charge < -0.3 is 4.90 Å². The van der Waals surface area contributed by atoms with E-state index in [0.29, 0.717) is 6.42 Å². The predicted octanol–water partition coefficient (Wildman–Crippen LogP) is 3.79. The summed E-state index contributed by atoms with van der Waals surface area (Å²) in [4.78, 5) is 2.06. The summed E-state index contributed by atoms with van der Waals surface area (Å²) >= 11 is 0. The van der Waals surface area contributed by atoms with Crippen molar-refractivity contribution in [2.75, 3.05) is 20.6 Å². The van der Waals surface area contributed by atoms with E-state index in [1.165, 1.54) is 11.6 Å². The molecule has 0 aliphatic heterocycles. The number of halogens is 3. The molecule has 0 aromatic heterocycles. The monoisotopic (exact) mass is 267 g/mol. The third-order valence-corrected chi connectivity index (χ3v) is 3.02. The van der Waals surface area contributed by atoms with E-state index in [-0.39, 0.29) is 0 Å². The van der Waals surface area contributed by atoms with Crippen LogP contribution in [0.3, 0.4) is 0 Å². The summed E-state index contributed by atoms with van der Waals surface area (Å²) in [5.41, 5.74) is 2.55. The summed E-state index contributed by atoms with van der Waals surface area (Å²) < 4.78 is 37.5. The summed E-state index contributed by atoms with van der Waals surface area (Å²) in [5, 5.41) is 0. The van der Waals surface area contributed by atoms with Crippen LogP contribution in [0, 0.1) is 0 Å². The minimum Gasteiger partial charge on any atom is -0.305 e. The Morgan fingerprint density at radius 3 is 2.37 bits per heavy atom. The summed E-state index contributed by atoms with van der Waals surface area (Å²) in [5.74, 6) is 0. The molecule has 0 bridgehead atoms. The average molecular weight is 267 g/mol. The molecule has 0 unspecified atom stereocenters. The van der Waals surface area contributed by atoms with Gasteiger partial charge in [-0.1, -0.05) is 36.5 Å². The van der Waals surface area contributed by atoms with E-state index >= 15 is 0 Å². The number of hydrogen-bond acceptors (Lipinski definition) is 1. The Kier molecular flexibility index (Phi) is 3.80. The van der Waals surface area contributed by atoms with Crippen LogP contribution in [0.25, 0.3) is 0 Å². The van der Waals surface area contributed by atoms with Gasteiger partial charge in [0.05, 0.1) is 5.57 Å². The lowest BCUT2D eigenvalue weighted by atomic mass is 9.98. The Labute approximate surface area is 111 Å². The van der Waals surface area contributed by atoms with Gasteiger partial charge in [0.1, 0.15) is 0 Å². The molecule has 0 spiro atoms. The second kappa shape index (κ2) is 5.21. The van der Waals surface area contributed by atoms with Gasteiger partial charge in [-0.15, -0.1) is 0 Å². The number of allylic oxidation sites excluding steroid dienone is 8. The number of likely N-dealkylation sites (N-methyl/N-ethyl adjacent to an activating group) is 1. The van der Waals surface area contributed by atoms with Crippen molar-refractivity contribution in [2.45, 2.75) is 12.6 Å². The Morgan fingerprint density at radius 2 is 1.84 bits per heavy atom. The first-order valence-corrected chi connectivity index (χ1v) is 6.08. The maximum absolute atomic E-state index is 12.5. The summed E-state index contributed by atoms with van der Waals surface area (Å²) in [7, 11) is 3.97. The Balaban J connectivity index is 2.13. The number of alkyl halides is 3. The lowest BCUT2D eigenvalue weighted by Crippen LogP contribution is -2.13. The molecule has 4 heteroatoms. The summed E-state index contributed by atoms with van der Waals surface area (Å²) in [6.45, 7) is 0.834. The largest absolute Gasteiger partial charge is 0.416 e. The molecule has 0 N–H and O–H groups in total. The smallest absolute Gasteiger partial charge is 0.305 e. The maximum Gasteiger partial charge on any atom is 0.416 e. The topological polar surface area (TPSA) is 3.24 Å². The molecule has 0 fully saturated rings. The van der Waals surface area contributed by atoms with E-state index in [4.69, 9.17) is 0 Å². The number of hydrogen-bond donors (Lipinski definition) is 0. The van der Waals surface area contributed by atoms with Crippen LogP contribution in [0.4, 0.5) is 13.2 Å². The van der Waals surface area contributed by atoms with E-state index in [2.05, 4.69) is 4.90 Å². The van der Waals surface area contributed by atoms with Crippen molar-refractivity contribution >= 4 is 0 Å². The second-order valence-electron chi connectivity index (χ2n) is 4.97. The highest BCUT2D eigenvalue weighted by atomic mass is 19.4. The molecular weight excluding hydrogens is 251 g/mol. The van der Waals surface area contributed by atoms with Crippen molar-refractivity contribution in [1.82, 2.24) is 4.90 Å². The minimum absolute atomic E-state index is 0.330. The molecule has 2 rings (SSSR count). The standard InChI is InChI=1S/C15H16F3N/c1-19(2)10-11-3-4-13(9-11)12-5-7-14(8-6-12)15(16,17)18/h3-5,7-9H,6,10H2,1-2H3/b13-12-. The quantitative estimate of drug-likeness (QED) is 0.735. The van der Waals surface area contributed by atoms with Crippen LogP contribution < -0.4 is 0 Å². The lowest BCUT2D eigenvalue weighted by Gasteiger charge is -2.13. The van der Waals surface area contributed by atoms with E-state index in [1.807, 2.05) is 32.3 Å². The normalized spacial score (nSPS) is 23.1. The van der Waals surface area contributed by atoms with Crippen LogP contribution in [0.5, 0.6) is 0 Å². The van der Waals surface area contributed by atoms with Gasteiger partial charge in [-0.25, -0.2) is 0 Å². The van der Waals surface area contributed by atoms with Crippen molar-refractivity contribution in [2.24, 2.45) is 0 Å². The fourth-order valence-electron chi connectivity index (χ4n) is 2.13. The highest BCUT2D eigenvalue weighted by molar-refractivity contribution is 5.54. The number of rotatable bonds is 2. The second-order valence-corrected chi connectivity index (χ2v) is 4.97. The van der Waals surface area contributed by atoms with Crippen molar-refractivity contribution in [3.8, 4) is 0 Å². The first-order chi connectivity index (χ1) is 8.86.